The monoisotopic (exact) mass is 249 g/mol. The molecule has 0 bridgehead atoms. The minimum Gasteiger partial charge on any atom is -0.478 e. The van der Waals surface area contributed by atoms with E-state index in [2.05, 4.69) is 11.9 Å². The van der Waals surface area contributed by atoms with Crippen molar-refractivity contribution in [2.45, 2.75) is 45.1 Å². The molecule has 98 valence electrons. The highest BCUT2D eigenvalue weighted by atomic mass is 16.5. The zero-order chi connectivity index (χ0) is 13.0. The zero-order valence-corrected chi connectivity index (χ0v) is 10.6. The smallest absolute Gasteiger partial charge is 0.335 e. The molecule has 1 aliphatic rings. The van der Waals surface area contributed by atoms with E-state index in [0.29, 0.717) is 5.88 Å². The summed E-state index contributed by atoms with van der Waals surface area (Å²) < 4.78 is 5.80. The van der Waals surface area contributed by atoms with E-state index in [1.807, 2.05) is 0 Å². The molecule has 0 amide bonds. The van der Waals surface area contributed by atoms with E-state index in [1.54, 1.807) is 0 Å². The molecule has 4 heteroatoms. The van der Waals surface area contributed by atoms with Crippen molar-refractivity contribution in [3.8, 4) is 5.88 Å². The minimum atomic E-state index is -0.947. The fourth-order valence-electron chi connectivity index (χ4n) is 2.50. The third kappa shape index (κ3) is 3.22. The van der Waals surface area contributed by atoms with Gasteiger partial charge in [-0.25, -0.2) is 9.78 Å². The first-order valence-electron chi connectivity index (χ1n) is 6.55. The van der Waals surface area contributed by atoms with Gasteiger partial charge in [0.25, 0.3) is 0 Å². The summed E-state index contributed by atoms with van der Waals surface area (Å²) >= 11 is 0. The Morgan fingerprint density at radius 1 is 1.56 bits per heavy atom. The Balaban J connectivity index is 2.00. The van der Waals surface area contributed by atoms with Gasteiger partial charge in [0.05, 0.1) is 5.56 Å². The maximum Gasteiger partial charge on any atom is 0.335 e. The number of ether oxygens (including phenoxy) is 1. The van der Waals surface area contributed by atoms with Gasteiger partial charge in [-0.3, -0.25) is 0 Å². The number of hydrogen-bond acceptors (Lipinski definition) is 3. The van der Waals surface area contributed by atoms with Crippen LogP contribution in [0.25, 0.3) is 0 Å². The van der Waals surface area contributed by atoms with Crippen molar-refractivity contribution >= 4 is 5.97 Å². The molecule has 1 aromatic heterocycles. The molecule has 1 N–H and O–H groups in total. The molecule has 1 fully saturated rings. The topological polar surface area (TPSA) is 59.4 Å². The van der Waals surface area contributed by atoms with Gasteiger partial charge in [-0.15, -0.1) is 0 Å². The standard InChI is InChI=1S/C14H19NO3/c1-2-10-4-3-5-12(8-10)18-13-9-11(14(16)17)6-7-15-13/h6-7,9-10,12H,2-5,8H2,1H3,(H,16,17). The highest BCUT2D eigenvalue weighted by Gasteiger charge is 2.22. The summed E-state index contributed by atoms with van der Waals surface area (Å²) in [6.07, 6.45) is 7.40. The van der Waals surface area contributed by atoms with Crippen LogP contribution in [-0.4, -0.2) is 22.2 Å². The van der Waals surface area contributed by atoms with Gasteiger partial charge in [0, 0.05) is 12.3 Å². The second-order valence-corrected chi connectivity index (χ2v) is 4.87. The summed E-state index contributed by atoms with van der Waals surface area (Å²) in [5.74, 6) is 0.209. The van der Waals surface area contributed by atoms with E-state index in [1.165, 1.54) is 37.6 Å². The van der Waals surface area contributed by atoms with E-state index in [0.717, 1.165) is 18.8 Å². The summed E-state index contributed by atoms with van der Waals surface area (Å²) in [6, 6.07) is 2.98. The highest BCUT2D eigenvalue weighted by molar-refractivity contribution is 5.87. The average molecular weight is 249 g/mol. The number of carboxylic acid groups (broad SMARTS) is 1. The quantitative estimate of drug-likeness (QED) is 0.890. The van der Waals surface area contributed by atoms with Crippen LogP contribution in [0.15, 0.2) is 18.3 Å². The molecule has 0 spiro atoms. The number of carboxylic acids is 1. The molecule has 0 aliphatic heterocycles. The van der Waals surface area contributed by atoms with Crippen LogP contribution >= 0.6 is 0 Å². The Hall–Kier alpha value is -1.58. The summed E-state index contributed by atoms with van der Waals surface area (Å²) in [4.78, 5) is 14.9. The number of pyridine rings is 1. The summed E-state index contributed by atoms with van der Waals surface area (Å²) in [5, 5.41) is 8.91. The van der Waals surface area contributed by atoms with Crippen LogP contribution in [0, 0.1) is 5.92 Å². The number of hydrogen-bond donors (Lipinski definition) is 1. The van der Waals surface area contributed by atoms with Crippen LogP contribution in [0.1, 0.15) is 49.4 Å². The molecule has 2 rings (SSSR count). The van der Waals surface area contributed by atoms with Crippen molar-refractivity contribution in [1.29, 1.82) is 0 Å². The van der Waals surface area contributed by atoms with Crippen molar-refractivity contribution in [1.82, 2.24) is 4.98 Å². The molecule has 4 nitrogen and oxygen atoms in total. The van der Waals surface area contributed by atoms with Gasteiger partial charge in [-0.05, 0) is 31.2 Å². The summed E-state index contributed by atoms with van der Waals surface area (Å²) in [5.41, 5.74) is 0.225. The molecule has 1 saturated carbocycles. The van der Waals surface area contributed by atoms with E-state index >= 15 is 0 Å². The lowest BCUT2D eigenvalue weighted by Gasteiger charge is -2.28. The molecular weight excluding hydrogens is 230 g/mol. The Kier molecular flexibility index (Phi) is 4.18. The molecule has 2 atom stereocenters. The maximum absolute atomic E-state index is 10.9. The van der Waals surface area contributed by atoms with Gasteiger partial charge in [-0.1, -0.05) is 19.8 Å². The third-order valence-corrected chi connectivity index (χ3v) is 3.58. The van der Waals surface area contributed by atoms with Gasteiger partial charge < -0.3 is 9.84 Å². The Morgan fingerprint density at radius 2 is 2.39 bits per heavy atom. The van der Waals surface area contributed by atoms with Crippen molar-refractivity contribution in [2.75, 3.05) is 0 Å². The Morgan fingerprint density at radius 3 is 3.11 bits per heavy atom. The zero-order valence-electron chi connectivity index (χ0n) is 10.6. The number of nitrogens with zero attached hydrogens (tertiary/aromatic N) is 1. The second-order valence-electron chi connectivity index (χ2n) is 4.87. The van der Waals surface area contributed by atoms with Crippen molar-refractivity contribution in [3.05, 3.63) is 23.9 Å². The molecule has 1 aromatic rings. The number of rotatable bonds is 4. The van der Waals surface area contributed by atoms with Gasteiger partial charge in [0.1, 0.15) is 6.10 Å². The summed E-state index contributed by atoms with van der Waals surface area (Å²) in [6.45, 7) is 2.20. The van der Waals surface area contributed by atoms with Crippen LogP contribution in [-0.2, 0) is 0 Å². The van der Waals surface area contributed by atoms with Crippen molar-refractivity contribution in [3.63, 3.8) is 0 Å². The molecule has 0 radical (unpaired) electrons. The number of aromatic carboxylic acids is 1. The molecule has 1 aliphatic carbocycles. The second kappa shape index (κ2) is 5.85. The predicted octanol–water partition coefficient (Wildman–Crippen LogP) is 3.13. The fourth-order valence-corrected chi connectivity index (χ4v) is 2.50. The lowest BCUT2D eigenvalue weighted by Crippen LogP contribution is -2.25. The lowest BCUT2D eigenvalue weighted by atomic mass is 9.85. The molecule has 0 aromatic carbocycles. The first kappa shape index (κ1) is 12.9. The summed E-state index contributed by atoms with van der Waals surface area (Å²) in [7, 11) is 0. The van der Waals surface area contributed by atoms with Gasteiger partial charge in [0.15, 0.2) is 0 Å². The first-order valence-corrected chi connectivity index (χ1v) is 6.55. The van der Waals surface area contributed by atoms with Crippen LogP contribution in [0.4, 0.5) is 0 Å². The SMILES string of the molecule is CCC1CCCC(Oc2cc(C(=O)O)ccn2)C1. The van der Waals surface area contributed by atoms with E-state index in [4.69, 9.17) is 9.84 Å². The fraction of sp³-hybridized carbons (Fsp3) is 0.571. The maximum atomic E-state index is 10.9. The van der Waals surface area contributed by atoms with Crippen LogP contribution < -0.4 is 4.74 Å². The van der Waals surface area contributed by atoms with Crippen LogP contribution in [0.5, 0.6) is 5.88 Å². The predicted molar refractivity (Wildman–Crippen MR) is 67.9 cm³/mol. The van der Waals surface area contributed by atoms with Crippen molar-refractivity contribution < 1.29 is 14.6 Å². The van der Waals surface area contributed by atoms with Gasteiger partial charge >= 0.3 is 5.97 Å². The normalized spacial score (nSPS) is 23.6. The van der Waals surface area contributed by atoms with E-state index < -0.39 is 5.97 Å². The Labute approximate surface area is 107 Å². The van der Waals surface area contributed by atoms with E-state index in [-0.39, 0.29) is 11.7 Å². The molecule has 0 saturated heterocycles. The third-order valence-electron chi connectivity index (χ3n) is 3.58. The first-order chi connectivity index (χ1) is 8.69. The molecule has 1 heterocycles. The number of aromatic nitrogens is 1. The largest absolute Gasteiger partial charge is 0.478 e. The van der Waals surface area contributed by atoms with Crippen LogP contribution in [0.3, 0.4) is 0 Å². The molecule has 18 heavy (non-hydrogen) atoms. The van der Waals surface area contributed by atoms with E-state index in [9.17, 15) is 4.79 Å². The average Bonchev–Trinajstić information content (AvgIpc) is 2.39. The Bertz CT molecular complexity index is 419. The van der Waals surface area contributed by atoms with Crippen LogP contribution in [0.2, 0.25) is 0 Å². The number of carbonyl (C=O) groups is 1. The molecular formula is C14H19NO3. The minimum absolute atomic E-state index is 0.181. The van der Waals surface area contributed by atoms with Gasteiger partial charge in [-0.2, -0.15) is 0 Å². The highest BCUT2D eigenvalue weighted by Crippen LogP contribution is 2.29. The van der Waals surface area contributed by atoms with Crippen molar-refractivity contribution in [2.24, 2.45) is 5.92 Å². The molecule has 2 unspecified atom stereocenters. The lowest BCUT2D eigenvalue weighted by molar-refractivity contribution is 0.0694. The van der Waals surface area contributed by atoms with Gasteiger partial charge in [0.2, 0.25) is 5.88 Å².